The standard InChI is InChI=1S/C29H41BrN2O5SSi/c1-21-22(2)31-37-28(21)32(20-35-15-16-39(6,7)8)38(33,34)27-12-10-9-11-26(27)25-14-13-23(18-30)17-24(25)19-36-29(3,4)5/h9-14,17H,15-16,18-20H2,1-8H3. The van der Waals surface area contributed by atoms with E-state index in [0.717, 1.165) is 22.7 Å². The molecule has 10 heteroatoms. The Balaban J connectivity index is 2.10. The zero-order chi connectivity index (χ0) is 29.0. The molecule has 0 saturated heterocycles. The van der Waals surface area contributed by atoms with Crippen LogP contribution in [0.15, 0.2) is 51.9 Å². The fourth-order valence-corrected chi connectivity index (χ4v) is 6.49. The quantitative estimate of drug-likeness (QED) is 0.0877. The summed E-state index contributed by atoms with van der Waals surface area (Å²) >= 11 is 3.53. The van der Waals surface area contributed by atoms with Crippen molar-refractivity contribution in [3.05, 3.63) is 64.8 Å². The molecule has 3 rings (SSSR count). The molecule has 0 fully saturated rings. The Labute approximate surface area is 243 Å². The molecule has 0 radical (unpaired) electrons. The van der Waals surface area contributed by atoms with Gasteiger partial charge in [-0.2, -0.15) is 0 Å². The Morgan fingerprint density at radius 3 is 2.33 bits per heavy atom. The van der Waals surface area contributed by atoms with E-state index < -0.39 is 18.1 Å². The molecule has 39 heavy (non-hydrogen) atoms. The number of ether oxygens (including phenoxy) is 2. The number of anilines is 1. The Bertz CT molecular complexity index is 1380. The first-order chi connectivity index (χ1) is 18.1. The third-order valence-electron chi connectivity index (χ3n) is 6.29. The summed E-state index contributed by atoms with van der Waals surface area (Å²) in [4.78, 5) is 0.163. The number of hydrogen-bond donors (Lipinski definition) is 0. The van der Waals surface area contributed by atoms with Crippen molar-refractivity contribution in [1.82, 2.24) is 5.16 Å². The molecule has 0 aliphatic rings. The summed E-state index contributed by atoms with van der Waals surface area (Å²) in [5.41, 5.74) is 4.32. The number of benzene rings is 2. The smallest absolute Gasteiger partial charge is 0.269 e. The van der Waals surface area contributed by atoms with Crippen molar-refractivity contribution in [1.29, 1.82) is 0 Å². The van der Waals surface area contributed by atoms with Gasteiger partial charge in [-0.15, -0.1) is 0 Å². The molecule has 2 aromatic carbocycles. The van der Waals surface area contributed by atoms with E-state index in [1.807, 2.05) is 45.0 Å². The van der Waals surface area contributed by atoms with Crippen LogP contribution in [0.2, 0.25) is 25.7 Å². The van der Waals surface area contributed by atoms with Gasteiger partial charge in [0.25, 0.3) is 10.0 Å². The Kier molecular flexibility index (Phi) is 10.3. The molecule has 0 aliphatic carbocycles. The molecular weight excluding hydrogens is 596 g/mol. The highest BCUT2D eigenvalue weighted by Gasteiger charge is 2.33. The predicted molar refractivity (Wildman–Crippen MR) is 164 cm³/mol. The van der Waals surface area contributed by atoms with E-state index in [1.54, 1.807) is 26.0 Å². The number of halogens is 1. The summed E-state index contributed by atoms with van der Waals surface area (Å²) in [6, 6.07) is 14.0. The SMILES string of the molecule is Cc1noc(N(COCC[Si](C)(C)C)S(=O)(=O)c2ccccc2-c2ccc(CBr)cc2COC(C)(C)C)c1C. The van der Waals surface area contributed by atoms with Crippen molar-refractivity contribution in [3.63, 3.8) is 0 Å². The van der Waals surface area contributed by atoms with Crippen molar-refractivity contribution in [3.8, 4) is 11.1 Å². The monoisotopic (exact) mass is 636 g/mol. The van der Waals surface area contributed by atoms with Crippen molar-refractivity contribution >= 4 is 39.9 Å². The van der Waals surface area contributed by atoms with Crippen LogP contribution in [0.1, 0.15) is 43.2 Å². The second-order valence-corrected chi connectivity index (χ2v) is 19.9. The first-order valence-corrected chi connectivity index (χ1v) is 19.4. The first-order valence-electron chi connectivity index (χ1n) is 13.1. The molecule has 3 aromatic rings. The molecule has 1 aromatic heterocycles. The van der Waals surface area contributed by atoms with Crippen molar-refractivity contribution in [2.24, 2.45) is 0 Å². The minimum absolute atomic E-state index is 0.163. The van der Waals surface area contributed by atoms with E-state index in [9.17, 15) is 8.42 Å². The summed E-state index contributed by atoms with van der Waals surface area (Å²) in [6.45, 7) is 17.0. The Morgan fingerprint density at radius 1 is 1.05 bits per heavy atom. The molecule has 0 aliphatic heterocycles. The van der Waals surface area contributed by atoms with Crippen LogP contribution >= 0.6 is 15.9 Å². The topological polar surface area (TPSA) is 81.9 Å². The number of rotatable bonds is 12. The van der Waals surface area contributed by atoms with Gasteiger partial charge in [-0.25, -0.2) is 12.7 Å². The number of sulfonamides is 1. The van der Waals surface area contributed by atoms with Gasteiger partial charge in [-0.1, -0.05) is 77.1 Å². The maximum atomic E-state index is 14.4. The second-order valence-electron chi connectivity index (χ2n) is 11.9. The highest BCUT2D eigenvalue weighted by molar-refractivity contribution is 9.08. The highest BCUT2D eigenvalue weighted by Crippen LogP contribution is 2.36. The summed E-state index contributed by atoms with van der Waals surface area (Å²) in [6.07, 6.45) is 0. The fourth-order valence-electron chi connectivity index (χ4n) is 3.84. The third kappa shape index (κ3) is 8.26. The zero-order valence-electron chi connectivity index (χ0n) is 24.3. The van der Waals surface area contributed by atoms with Gasteiger partial charge in [0, 0.05) is 31.1 Å². The van der Waals surface area contributed by atoms with E-state index in [2.05, 4.69) is 46.8 Å². The van der Waals surface area contributed by atoms with Gasteiger partial charge in [-0.05, 0) is 63.4 Å². The molecule has 0 spiro atoms. The molecule has 0 amide bonds. The molecule has 0 atom stereocenters. The van der Waals surface area contributed by atoms with E-state index >= 15 is 0 Å². The number of alkyl halides is 1. The molecule has 7 nitrogen and oxygen atoms in total. The van der Waals surface area contributed by atoms with E-state index in [-0.39, 0.29) is 23.1 Å². The molecular formula is C29H41BrN2O5SSi. The summed E-state index contributed by atoms with van der Waals surface area (Å²) in [7, 11) is -5.46. The van der Waals surface area contributed by atoms with E-state index in [0.29, 0.717) is 35.4 Å². The number of hydrogen-bond acceptors (Lipinski definition) is 6. The van der Waals surface area contributed by atoms with Crippen LogP contribution in [0, 0.1) is 13.8 Å². The summed E-state index contributed by atoms with van der Waals surface area (Å²) in [5.74, 6) is 0.168. The summed E-state index contributed by atoms with van der Waals surface area (Å²) < 4.78 is 47.5. The average Bonchev–Trinajstić information content (AvgIpc) is 3.18. The lowest BCUT2D eigenvalue weighted by atomic mass is 9.98. The Morgan fingerprint density at radius 2 is 1.74 bits per heavy atom. The predicted octanol–water partition coefficient (Wildman–Crippen LogP) is 7.68. The van der Waals surface area contributed by atoms with Crippen LogP contribution in [-0.4, -0.2) is 40.6 Å². The lowest BCUT2D eigenvalue weighted by Gasteiger charge is -2.25. The van der Waals surface area contributed by atoms with Crippen LogP contribution < -0.4 is 4.31 Å². The van der Waals surface area contributed by atoms with Gasteiger partial charge in [-0.3, -0.25) is 0 Å². The molecule has 214 valence electrons. The molecule has 0 N–H and O–H groups in total. The number of aromatic nitrogens is 1. The second kappa shape index (κ2) is 12.7. The molecule has 0 unspecified atom stereocenters. The fraction of sp³-hybridized carbons (Fsp3) is 0.483. The van der Waals surface area contributed by atoms with E-state index in [1.165, 1.54) is 4.31 Å². The maximum absolute atomic E-state index is 14.4. The highest BCUT2D eigenvalue weighted by atomic mass is 79.9. The van der Waals surface area contributed by atoms with Gasteiger partial charge in [0.1, 0.15) is 6.73 Å². The third-order valence-corrected chi connectivity index (χ3v) is 10.4. The lowest BCUT2D eigenvalue weighted by Crippen LogP contribution is -2.34. The summed E-state index contributed by atoms with van der Waals surface area (Å²) in [5, 5.41) is 4.70. The van der Waals surface area contributed by atoms with Crippen molar-refractivity contribution in [2.45, 2.75) is 82.7 Å². The maximum Gasteiger partial charge on any atom is 0.269 e. The molecule has 0 bridgehead atoms. The zero-order valence-corrected chi connectivity index (χ0v) is 27.7. The normalized spacial score (nSPS) is 12.6. The molecule has 0 saturated carbocycles. The van der Waals surface area contributed by atoms with Gasteiger partial charge in [0.15, 0.2) is 0 Å². The lowest BCUT2D eigenvalue weighted by molar-refractivity contribution is -0.0147. The van der Waals surface area contributed by atoms with Crippen LogP contribution in [0.25, 0.3) is 11.1 Å². The van der Waals surface area contributed by atoms with Crippen LogP contribution in [0.4, 0.5) is 5.88 Å². The van der Waals surface area contributed by atoms with Gasteiger partial charge in [0.05, 0.1) is 22.8 Å². The van der Waals surface area contributed by atoms with E-state index in [4.69, 9.17) is 14.0 Å². The van der Waals surface area contributed by atoms with Crippen LogP contribution in [-0.2, 0) is 31.4 Å². The number of nitrogens with zero attached hydrogens (tertiary/aromatic N) is 2. The van der Waals surface area contributed by atoms with Gasteiger partial charge < -0.3 is 14.0 Å². The van der Waals surface area contributed by atoms with Gasteiger partial charge in [0.2, 0.25) is 5.88 Å². The Hall–Kier alpha value is -1.98. The largest absolute Gasteiger partial charge is 0.371 e. The van der Waals surface area contributed by atoms with Crippen LogP contribution in [0.5, 0.6) is 0 Å². The van der Waals surface area contributed by atoms with Crippen molar-refractivity contribution in [2.75, 3.05) is 17.6 Å². The minimum Gasteiger partial charge on any atom is -0.371 e. The van der Waals surface area contributed by atoms with Crippen LogP contribution in [0.3, 0.4) is 0 Å². The first kappa shape index (κ1) is 31.5. The van der Waals surface area contributed by atoms with Crippen molar-refractivity contribution < 1.29 is 22.4 Å². The average molecular weight is 638 g/mol. The number of aryl methyl sites for hydroxylation is 1. The molecule has 1 heterocycles. The minimum atomic E-state index is -4.10. The van der Waals surface area contributed by atoms with Gasteiger partial charge >= 0.3 is 0 Å².